The number of nitrogens with zero attached hydrogens (tertiary/aromatic N) is 1. The number of hydrogen-bond acceptors (Lipinski definition) is 2. The Labute approximate surface area is 98.2 Å². The smallest absolute Gasteiger partial charge is 0.240 e. The number of nitriles is 1. The second kappa shape index (κ2) is 5.89. The molecule has 0 saturated heterocycles. The highest BCUT2D eigenvalue weighted by Gasteiger charge is 2.34. The lowest BCUT2D eigenvalue weighted by Gasteiger charge is -2.27. The van der Waals surface area contributed by atoms with Gasteiger partial charge in [0, 0.05) is 6.54 Å². The molecule has 0 radical (unpaired) electrons. The SMILES string of the molecule is CCC(C#N)(CC)C(=O)NCCC1CCC1. The average Bonchev–Trinajstić information content (AvgIpc) is 2.25. The van der Waals surface area contributed by atoms with Gasteiger partial charge in [0.2, 0.25) is 5.91 Å². The first-order chi connectivity index (χ1) is 7.68. The lowest BCUT2D eigenvalue weighted by atomic mass is 9.82. The molecule has 3 heteroatoms. The van der Waals surface area contributed by atoms with Crippen LogP contribution in [0.15, 0.2) is 0 Å². The molecule has 1 amide bonds. The summed E-state index contributed by atoms with van der Waals surface area (Å²) in [5.41, 5.74) is -0.806. The van der Waals surface area contributed by atoms with Gasteiger partial charge in [-0.3, -0.25) is 4.79 Å². The van der Waals surface area contributed by atoms with Crippen molar-refractivity contribution < 1.29 is 4.79 Å². The van der Waals surface area contributed by atoms with Gasteiger partial charge in [-0.25, -0.2) is 0 Å². The number of nitrogens with one attached hydrogen (secondary N) is 1. The van der Waals surface area contributed by atoms with E-state index in [0.29, 0.717) is 12.8 Å². The molecular weight excluding hydrogens is 200 g/mol. The Bertz CT molecular complexity index is 272. The molecule has 0 aromatic carbocycles. The molecule has 0 spiro atoms. The fourth-order valence-electron chi connectivity index (χ4n) is 2.12. The van der Waals surface area contributed by atoms with Gasteiger partial charge < -0.3 is 5.32 Å². The number of hydrogen-bond donors (Lipinski definition) is 1. The van der Waals surface area contributed by atoms with E-state index in [9.17, 15) is 4.79 Å². The topological polar surface area (TPSA) is 52.9 Å². The van der Waals surface area contributed by atoms with Gasteiger partial charge in [0.05, 0.1) is 6.07 Å². The van der Waals surface area contributed by atoms with Gasteiger partial charge >= 0.3 is 0 Å². The molecule has 1 fully saturated rings. The number of amides is 1. The maximum atomic E-state index is 11.9. The highest BCUT2D eigenvalue weighted by molar-refractivity contribution is 5.85. The van der Waals surface area contributed by atoms with E-state index in [4.69, 9.17) is 5.26 Å². The molecule has 0 aliphatic heterocycles. The van der Waals surface area contributed by atoms with E-state index < -0.39 is 5.41 Å². The minimum absolute atomic E-state index is 0.0840. The fourth-order valence-corrected chi connectivity index (χ4v) is 2.12. The van der Waals surface area contributed by atoms with Gasteiger partial charge in [-0.05, 0) is 25.2 Å². The van der Waals surface area contributed by atoms with Crippen molar-refractivity contribution in [3.63, 3.8) is 0 Å². The van der Waals surface area contributed by atoms with Crippen LogP contribution >= 0.6 is 0 Å². The minimum Gasteiger partial charge on any atom is -0.355 e. The zero-order chi connectivity index (χ0) is 12.0. The summed E-state index contributed by atoms with van der Waals surface area (Å²) in [4.78, 5) is 11.9. The maximum absolute atomic E-state index is 11.9. The summed E-state index contributed by atoms with van der Waals surface area (Å²) in [6.45, 7) is 4.53. The molecule has 1 aliphatic carbocycles. The van der Waals surface area contributed by atoms with Crippen LogP contribution in [0.2, 0.25) is 0 Å². The molecule has 16 heavy (non-hydrogen) atoms. The quantitative estimate of drug-likeness (QED) is 0.751. The average molecular weight is 222 g/mol. The third kappa shape index (κ3) is 2.75. The zero-order valence-electron chi connectivity index (χ0n) is 10.4. The van der Waals surface area contributed by atoms with Crippen LogP contribution in [-0.2, 0) is 4.79 Å². The van der Waals surface area contributed by atoms with E-state index in [1.54, 1.807) is 0 Å². The summed E-state index contributed by atoms with van der Waals surface area (Å²) >= 11 is 0. The Morgan fingerprint density at radius 2 is 2.06 bits per heavy atom. The van der Waals surface area contributed by atoms with Crippen LogP contribution in [0.25, 0.3) is 0 Å². The lowest BCUT2D eigenvalue weighted by molar-refractivity contribution is -0.128. The Kier molecular flexibility index (Phi) is 4.79. The van der Waals surface area contributed by atoms with E-state index in [1.807, 2.05) is 13.8 Å². The molecule has 1 aliphatic rings. The van der Waals surface area contributed by atoms with Crippen molar-refractivity contribution in [2.75, 3.05) is 6.54 Å². The van der Waals surface area contributed by atoms with Crippen molar-refractivity contribution in [2.24, 2.45) is 11.3 Å². The Hall–Kier alpha value is -1.04. The highest BCUT2D eigenvalue weighted by Crippen LogP contribution is 2.29. The third-order valence-corrected chi connectivity index (χ3v) is 3.92. The summed E-state index contributed by atoms with van der Waals surface area (Å²) in [7, 11) is 0. The van der Waals surface area contributed by atoms with Gasteiger partial charge in [0.1, 0.15) is 5.41 Å². The molecule has 0 atom stereocenters. The Morgan fingerprint density at radius 1 is 1.44 bits per heavy atom. The van der Waals surface area contributed by atoms with Crippen molar-refractivity contribution in [1.82, 2.24) is 5.32 Å². The van der Waals surface area contributed by atoms with Crippen LogP contribution in [0.3, 0.4) is 0 Å². The predicted octanol–water partition coefficient (Wildman–Crippen LogP) is 2.62. The molecule has 0 aromatic rings. The molecule has 90 valence electrons. The van der Waals surface area contributed by atoms with E-state index in [0.717, 1.165) is 18.9 Å². The van der Waals surface area contributed by atoms with Gasteiger partial charge in [-0.15, -0.1) is 0 Å². The van der Waals surface area contributed by atoms with Crippen LogP contribution < -0.4 is 5.32 Å². The molecular formula is C13H22N2O. The Morgan fingerprint density at radius 3 is 2.44 bits per heavy atom. The lowest BCUT2D eigenvalue weighted by Crippen LogP contribution is -2.40. The first kappa shape index (κ1) is 13.0. The van der Waals surface area contributed by atoms with Crippen LogP contribution in [0.5, 0.6) is 0 Å². The predicted molar refractivity (Wildman–Crippen MR) is 63.6 cm³/mol. The molecule has 0 aromatic heterocycles. The van der Waals surface area contributed by atoms with Crippen LogP contribution in [0.4, 0.5) is 0 Å². The van der Waals surface area contributed by atoms with Crippen LogP contribution in [-0.4, -0.2) is 12.5 Å². The van der Waals surface area contributed by atoms with E-state index in [2.05, 4.69) is 11.4 Å². The summed E-state index contributed by atoms with van der Waals surface area (Å²) < 4.78 is 0. The van der Waals surface area contributed by atoms with E-state index >= 15 is 0 Å². The van der Waals surface area contributed by atoms with Gasteiger partial charge in [0.25, 0.3) is 0 Å². The van der Waals surface area contributed by atoms with Crippen LogP contribution in [0, 0.1) is 22.7 Å². The number of rotatable bonds is 6. The first-order valence-electron chi connectivity index (χ1n) is 6.38. The summed E-state index contributed by atoms with van der Waals surface area (Å²) in [5, 5.41) is 12.0. The van der Waals surface area contributed by atoms with Crippen molar-refractivity contribution >= 4 is 5.91 Å². The van der Waals surface area contributed by atoms with Gasteiger partial charge in [-0.2, -0.15) is 5.26 Å². The number of carbonyl (C=O) groups excluding carboxylic acids is 1. The third-order valence-electron chi connectivity index (χ3n) is 3.92. The largest absolute Gasteiger partial charge is 0.355 e. The van der Waals surface area contributed by atoms with Crippen molar-refractivity contribution in [1.29, 1.82) is 5.26 Å². The zero-order valence-corrected chi connectivity index (χ0v) is 10.4. The van der Waals surface area contributed by atoms with Crippen molar-refractivity contribution in [3.8, 4) is 6.07 Å². The van der Waals surface area contributed by atoms with E-state index in [1.165, 1.54) is 19.3 Å². The van der Waals surface area contributed by atoms with E-state index in [-0.39, 0.29) is 5.91 Å². The Balaban J connectivity index is 2.34. The standard InChI is InChI=1S/C13H22N2O/c1-3-13(4-2,10-14)12(16)15-9-8-11-6-5-7-11/h11H,3-9H2,1-2H3,(H,15,16). The monoisotopic (exact) mass is 222 g/mol. The van der Waals surface area contributed by atoms with Gasteiger partial charge in [0.15, 0.2) is 0 Å². The molecule has 0 bridgehead atoms. The molecule has 1 rings (SSSR count). The molecule has 3 nitrogen and oxygen atoms in total. The molecule has 1 N–H and O–H groups in total. The second-order valence-corrected chi connectivity index (χ2v) is 4.74. The number of carbonyl (C=O) groups is 1. The van der Waals surface area contributed by atoms with Crippen molar-refractivity contribution in [3.05, 3.63) is 0 Å². The minimum atomic E-state index is -0.806. The van der Waals surface area contributed by atoms with Crippen molar-refractivity contribution in [2.45, 2.75) is 52.4 Å². The molecule has 1 saturated carbocycles. The summed E-state index contributed by atoms with van der Waals surface area (Å²) in [5.74, 6) is 0.722. The van der Waals surface area contributed by atoms with Gasteiger partial charge in [-0.1, -0.05) is 33.1 Å². The fraction of sp³-hybridized carbons (Fsp3) is 0.846. The summed E-state index contributed by atoms with van der Waals surface area (Å²) in [6, 6.07) is 2.17. The first-order valence-corrected chi connectivity index (χ1v) is 6.38. The normalized spacial score (nSPS) is 16.3. The maximum Gasteiger partial charge on any atom is 0.240 e. The highest BCUT2D eigenvalue weighted by atomic mass is 16.2. The second-order valence-electron chi connectivity index (χ2n) is 4.74. The molecule has 0 unspecified atom stereocenters. The molecule has 0 heterocycles. The summed E-state index contributed by atoms with van der Waals surface area (Å²) in [6.07, 6.45) is 6.21. The van der Waals surface area contributed by atoms with Crippen LogP contribution in [0.1, 0.15) is 52.4 Å².